The Morgan fingerprint density at radius 2 is 2.00 bits per heavy atom. The van der Waals surface area contributed by atoms with Crippen LogP contribution in [0.15, 0.2) is 4.60 Å². The third-order valence-electron chi connectivity index (χ3n) is 1.58. The van der Waals surface area contributed by atoms with Gasteiger partial charge in [-0.2, -0.15) is 5.10 Å². The van der Waals surface area contributed by atoms with Crippen molar-refractivity contribution in [2.24, 2.45) is 0 Å². The fourth-order valence-corrected chi connectivity index (χ4v) is 1.51. The van der Waals surface area contributed by atoms with E-state index in [4.69, 9.17) is 16.3 Å². The van der Waals surface area contributed by atoms with Crippen LogP contribution in [-0.4, -0.2) is 16.9 Å². The molecule has 1 aromatic heterocycles. The standard InChI is InChI=1S/C8H12BrClN2O/c1-8(2,3)12-7(13-4)5(10)6(9)11-12/h1-4H3. The molecule has 0 radical (unpaired) electrons. The van der Waals surface area contributed by atoms with Gasteiger partial charge in [-0.05, 0) is 36.7 Å². The molecule has 0 saturated carbocycles. The first-order valence-electron chi connectivity index (χ1n) is 3.86. The van der Waals surface area contributed by atoms with Gasteiger partial charge in [-0.1, -0.05) is 11.6 Å². The van der Waals surface area contributed by atoms with Gasteiger partial charge >= 0.3 is 0 Å². The fourth-order valence-electron chi connectivity index (χ4n) is 0.989. The molecule has 0 saturated heterocycles. The third-order valence-corrected chi connectivity index (χ3v) is 2.70. The molecule has 0 atom stereocenters. The molecule has 0 aromatic carbocycles. The predicted octanol–water partition coefficient (Wildman–Crippen LogP) is 3.06. The molecule has 0 aliphatic heterocycles. The summed E-state index contributed by atoms with van der Waals surface area (Å²) in [5.41, 5.74) is -0.138. The minimum Gasteiger partial charge on any atom is -0.480 e. The van der Waals surface area contributed by atoms with E-state index in [1.165, 1.54) is 0 Å². The molecule has 13 heavy (non-hydrogen) atoms. The Balaban J connectivity index is 3.30. The summed E-state index contributed by atoms with van der Waals surface area (Å²) >= 11 is 9.22. The molecule has 3 nitrogen and oxygen atoms in total. The van der Waals surface area contributed by atoms with Gasteiger partial charge in [0.2, 0.25) is 5.88 Å². The minimum atomic E-state index is -0.138. The summed E-state index contributed by atoms with van der Waals surface area (Å²) in [4.78, 5) is 0. The number of methoxy groups -OCH3 is 1. The van der Waals surface area contributed by atoms with E-state index in [1.807, 2.05) is 20.8 Å². The average Bonchev–Trinajstić information content (AvgIpc) is 2.28. The quantitative estimate of drug-likeness (QED) is 0.782. The van der Waals surface area contributed by atoms with Crippen molar-refractivity contribution in [1.82, 2.24) is 9.78 Å². The van der Waals surface area contributed by atoms with Crippen LogP contribution >= 0.6 is 27.5 Å². The van der Waals surface area contributed by atoms with E-state index in [2.05, 4.69) is 21.0 Å². The zero-order valence-corrected chi connectivity index (χ0v) is 10.4. The lowest BCUT2D eigenvalue weighted by Gasteiger charge is -2.21. The van der Waals surface area contributed by atoms with Crippen LogP contribution in [0.1, 0.15) is 20.8 Å². The molecule has 1 aromatic rings. The summed E-state index contributed by atoms with van der Waals surface area (Å²) in [6, 6.07) is 0. The van der Waals surface area contributed by atoms with Crippen LogP contribution in [0, 0.1) is 0 Å². The molecule has 0 aliphatic carbocycles. The Morgan fingerprint density at radius 3 is 2.31 bits per heavy atom. The Hall–Kier alpha value is -0.220. The molecule has 0 amide bonds. The Morgan fingerprint density at radius 1 is 1.46 bits per heavy atom. The zero-order chi connectivity index (χ0) is 10.2. The van der Waals surface area contributed by atoms with Gasteiger partial charge in [-0.15, -0.1) is 0 Å². The van der Waals surface area contributed by atoms with Gasteiger partial charge in [0.25, 0.3) is 0 Å². The van der Waals surface area contributed by atoms with E-state index >= 15 is 0 Å². The summed E-state index contributed by atoms with van der Waals surface area (Å²) < 4.78 is 7.52. The van der Waals surface area contributed by atoms with E-state index < -0.39 is 0 Å². The number of aromatic nitrogens is 2. The van der Waals surface area contributed by atoms with Gasteiger partial charge in [0.1, 0.15) is 5.02 Å². The first kappa shape index (κ1) is 10.9. The topological polar surface area (TPSA) is 27.1 Å². The van der Waals surface area contributed by atoms with Crippen molar-refractivity contribution in [3.8, 4) is 5.88 Å². The lowest BCUT2D eigenvalue weighted by Crippen LogP contribution is -2.23. The van der Waals surface area contributed by atoms with Crippen LogP contribution in [0.5, 0.6) is 5.88 Å². The number of rotatable bonds is 1. The number of hydrogen-bond donors (Lipinski definition) is 0. The van der Waals surface area contributed by atoms with Crippen molar-refractivity contribution in [1.29, 1.82) is 0 Å². The van der Waals surface area contributed by atoms with Crippen molar-refractivity contribution >= 4 is 27.5 Å². The summed E-state index contributed by atoms with van der Waals surface area (Å²) in [6.45, 7) is 6.10. The largest absolute Gasteiger partial charge is 0.480 e. The van der Waals surface area contributed by atoms with Crippen molar-refractivity contribution in [3.05, 3.63) is 9.63 Å². The summed E-state index contributed by atoms with van der Waals surface area (Å²) in [7, 11) is 1.58. The van der Waals surface area contributed by atoms with E-state index in [0.717, 1.165) is 0 Å². The van der Waals surface area contributed by atoms with Crippen molar-refractivity contribution in [2.45, 2.75) is 26.3 Å². The highest BCUT2D eigenvalue weighted by Crippen LogP contribution is 2.35. The second-order valence-corrected chi connectivity index (χ2v) is 4.83. The molecule has 0 unspecified atom stereocenters. The second kappa shape index (κ2) is 3.50. The summed E-state index contributed by atoms with van der Waals surface area (Å²) in [5.74, 6) is 0.584. The molecule has 0 bridgehead atoms. The van der Waals surface area contributed by atoms with E-state index in [9.17, 15) is 0 Å². The SMILES string of the molecule is COc1c(Cl)c(Br)nn1C(C)(C)C. The highest BCUT2D eigenvalue weighted by molar-refractivity contribution is 9.10. The molecule has 74 valence electrons. The predicted molar refractivity (Wildman–Crippen MR) is 56.5 cm³/mol. The van der Waals surface area contributed by atoms with Gasteiger partial charge in [0.15, 0.2) is 4.60 Å². The monoisotopic (exact) mass is 266 g/mol. The van der Waals surface area contributed by atoms with Crippen LogP contribution in [0.2, 0.25) is 5.02 Å². The molecule has 0 N–H and O–H groups in total. The molecule has 1 rings (SSSR count). The molecule has 0 aliphatic rings. The highest BCUT2D eigenvalue weighted by Gasteiger charge is 2.23. The van der Waals surface area contributed by atoms with Crippen molar-refractivity contribution < 1.29 is 4.74 Å². The lowest BCUT2D eigenvalue weighted by molar-refractivity contribution is 0.282. The molecular weight excluding hydrogens is 255 g/mol. The molecule has 0 spiro atoms. The zero-order valence-electron chi connectivity index (χ0n) is 8.06. The van der Waals surface area contributed by atoms with Gasteiger partial charge < -0.3 is 4.74 Å². The number of nitrogens with zero attached hydrogens (tertiary/aromatic N) is 2. The first-order valence-corrected chi connectivity index (χ1v) is 5.03. The van der Waals surface area contributed by atoms with E-state index in [1.54, 1.807) is 11.8 Å². The minimum absolute atomic E-state index is 0.138. The van der Waals surface area contributed by atoms with Crippen LogP contribution in [-0.2, 0) is 5.54 Å². The smallest absolute Gasteiger partial charge is 0.232 e. The maximum Gasteiger partial charge on any atom is 0.232 e. The Labute approximate surface area is 91.1 Å². The highest BCUT2D eigenvalue weighted by atomic mass is 79.9. The molecule has 5 heteroatoms. The van der Waals surface area contributed by atoms with E-state index in [0.29, 0.717) is 15.5 Å². The Bertz CT molecular complexity index is 317. The van der Waals surface area contributed by atoms with Gasteiger partial charge in [0.05, 0.1) is 12.6 Å². The van der Waals surface area contributed by atoms with Crippen molar-refractivity contribution in [3.63, 3.8) is 0 Å². The lowest BCUT2D eigenvalue weighted by atomic mass is 10.1. The maximum absolute atomic E-state index is 5.96. The maximum atomic E-state index is 5.96. The van der Waals surface area contributed by atoms with Crippen LogP contribution in [0.3, 0.4) is 0 Å². The molecule has 1 heterocycles. The number of ether oxygens (including phenoxy) is 1. The second-order valence-electron chi connectivity index (χ2n) is 3.70. The third kappa shape index (κ3) is 1.99. The number of halogens is 2. The fraction of sp³-hybridized carbons (Fsp3) is 0.625. The van der Waals surface area contributed by atoms with Crippen LogP contribution < -0.4 is 4.74 Å². The van der Waals surface area contributed by atoms with E-state index in [-0.39, 0.29) is 5.54 Å². The summed E-state index contributed by atoms with van der Waals surface area (Å²) in [6.07, 6.45) is 0. The average molecular weight is 268 g/mol. The Kier molecular flexibility index (Phi) is 2.92. The van der Waals surface area contributed by atoms with Crippen molar-refractivity contribution in [2.75, 3.05) is 7.11 Å². The van der Waals surface area contributed by atoms with Gasteiger partial charge in [-0.3, -0.25) is 0 Å². The molecular formula is C8H12BrClN2O. The number of hydrogen-bond acceptors (Lipinski definition) is 2. The summed E-state index contributed by atoms with van der Waals surface area (Å²) in [5, 5.41) is 4.74. The molecule has 0 fully saturated rings. The first-order chi connectivity index (χ1) is 5.88. The van der Waals surface area contributed by atoms with Gasteiger partial charge in [0, 0.05) is 0 Å². The normalized spacial score (nSPS) is 11.8. The van der Waals surface area contributed by atoms with Gasteiger partial charge in [-0.25, -0.2) is 4.68 Å². The van der Waals surface area contributed by atoms with Crippen LogP contribution in [0.4, 0.5) is 0 Å². The van der Waals surface area contributed by atoms with Crippen LogP contribution in [0.25, 0.3) is 0 Å².